The Morgan fingerprint density at radius 3 is 2.71 bits per heavy atom. The van der Waals surface area contributed by atoms with Crippen molar-refractivity contribution in [2.45, 2.75) is 71.1 Å². The highest BCUT2D eigenvalue weighted by atomic mass is 16.5. The van der Waals surface area contributed by atoms with Gasteiger partial charge in [-0.3, -0.25) is 0 Å². The second-order valence-corrected chi connectivity index (χ2v) is 4.87. The molecule has 1 heterocycles. The van der Waals surface area contributed by atoms with E-state index in [1.807, 2.05) is 0 Å². The van der Waals surface area contributed by atoms with Gasteiger partial charge >= 0.3 is 0 Å². The predicted octanol–water partition coefficient (Wildman–Crippen LogP) is 2.74. The molecule has 1 aliphatic rings. The molecule has 3 unspecified atom stereocenters. The molecule has 17 heavy (non-hydrogen) atoms. The summed E-state index contributed by atoms with van der Waals surface area (Å²) >= 11 is 0. The number of nitrogens with one attached hydrogen (secondary N) is 1. The number of hydrogen-bond donors (Lipinski definition) is 1. The van der Waals surface area contributed by atoms with E-state index < -0.39 is 0 Å². The maximum absolute atomic E-state index is 6.05. The molecule has 1 N–H and O–H groups in total. The lowest BCUT2D eigenvalue weighted by Crippen LogP contribution is -2.42. The molecule has 0 bridgehead atoms. The predicted molar refractivity (Wildman–Crippen MR) is 71.4 cm³/mol. The summed E-state index contributed by atoms with van der Waals surface area (Å²) in [6, 6.07) is 0.497. The average molecular weight is 243 g/mol. The fraction of sp³-hybridized carbons (Fsp3) is 1.00. The van der Waals surface area contributed by atoms with Crippen LogP contribution in [0.3, 0.4) is 0 Å². The third-order valence-corrected chi connectivity index (χ3v) is 3.44. The standard InChI is InChI=1S/C14H29NO2/c1-4-8-13(15-6-3)14(5-2)17-11-12-9-7-10-16-12/h12-15H,4-11H2,1-3H3. The minimum Gasteiger partial charge on any atom is -0.376 e. The van der Waals surface area contributed by atoms with Crippen LogP contribution in [-0.2, 0) is 9.47 Å². The third kappa shape index (κ3) is 5.36. The van der Waals surface area contributed by atoms with Gasteiger partial charge in [0.05, 0.1) is 18.8 Å². The molecule has 3 atom stereocenters. The van der Waals surface area contributed by atoms with Crippen LogP contribution in [0.5, 0.6) is 0 Å². The molecule has 3 heteroatoms. The summed E-state index contributed by atoms with van der Waals surface area (Å²) in [5, 5.41) is 3.54. The summed E-state index contributed by atoms with van der Waals surface area (Å²) in [5.74, 6) is 0. The molecular formula is C14H29NO2. The molecule has 102 valence electrons. The van der Waals surface area contributed by atoms with Crippen LogP contribution in [0.15, 0.2) is 0 Å². The fourth-order valence-electron chi connectivity index (χ4n) is 2.52. The number of rotatable bonds is 9. The van der Waals surface area contributed by atoms with E-state index in [0.29, 0.717) is 18.2 Å². The molecule has 0 spiro atoms. The van der Waals surface area contributed by atoms with E-state index in [0.717, 1.165) is 32.6 Å². The van der Waals surface area contributed by atoms with Crippen LogP contribution in [0.2, 0.25) is 0 Å². The van der Waals surface area contributed by atoms with Gasteiger partial charge in [-0.2, -0.15) is 0 Å². The Balaban J connectivity index is 2.32. The first kappa shape index (κ1) is 14.9. The quantitative estimate of drug-likeness (QED) is 0.675. The van der Waals surface area contributed by atoms with Gasteiger partial charge in [0.1, 0.15) is 0 Å². The molecule has 0 saturated carbocycles. The van der Waals surface area contributed by atoms with Crippen molar-refractivity contribution in [3.8, 4) is 0 Å². The lowest BCUT2D eigenvalue weighted by molar-refractivity contribution is -0.0359. The second kappa shape index (κ2) is 8.90. The molecule has 1 saturated heterocycles. The van der Waals surface area contributed by atoms with Gasteiger partial charge in [0, 0.05) is 12.6 Å². The summed E-state index contributed by atoms with van der Waals surface area (Å²) in [6.07, 6.45) is 6.50. The number of likely N-dealkylation sites (N-methyl/N-ethyl adjacent to an activating group) is 1. The fourth-order valence-corrected chi connectivity index (χ4v) is 2.52. The van der Waals surface area contributed by atoms with Crippen LogP contribution in [0.1, 0.15) is 52.9 Å². The summed E-state index contributed by atoms with van der Waals surface area (Å²) in [5.41, 5.74) is 0. The second-order valence-electron chi connectivity index (χ2n) is 4.87. The van der Waals surface area contributed by atoms with Crippen LogP contribution < -0.4 is 5.32 Å². The Hall–Kier alpha value is -0.120. The van der Waals surface area contributed by atoms with Gasteiger partial charge in [-0.1, -0.05) is 27.2 Å². The highest BCUT2D eigenvalue weighted by Gasteiger charge is 2.22. The smallest absolute Gasteiger partial charge is 0.0809 e. The van der Waals surface area contributed by atoms with Crippen LogP contribution in [-0.4, -0.2) is 38.0 Å². The first-order valence-corrected chi connectivity index (χ1v) is 7.28. The first-order valence-electron chi connectivity index (χ1n) is 7.28. The van der Waals surface area contributed by atoms with Gasteiger partial charge in [0.15, 0.2) is 0 Å². The summed E-state index contributed by atoms with van der Waals surface area (Å²) < 4.78 is 11.7. The Morgan fingerprint density at radius 1 is 1.35 bits per heavy atom. The average Bonchev–Trinajstić information content (AvgIpc) is 2.83. The molecule has 0 amide bonds. The largest absolute Gasteiger partial charge is 0.376 e. The Kier molecular flexibility index (Phi) is 7.82. The SMILES string of the molecule is CCCC(NCC)C(CC)OCC1CCCO1. The zero-order valence-corrected chi connectivity index (χ0v) is 11.7. The third-order valence-electron chi connectivity index (χ3n) is 3.44. The minimum absolute atomic E-state index is 0.332. The number of ether oxygens (including phenoxy) is 2. The van der Waals surface area contributed by atoms with E-state index in [9.17, 15) is 0 Å². The highest BCUT2D eigenvalue weighted by molar-refractivity contribution is 4.76. The van der Waals surface area contributed by atoms with E-state index in [1.54, 1.807) is 0 Å². The van der Waals surface area contributed by atoms with E-state index in [4.69, 9.17) is 9.47 Å². The van der Waals surface area contributed by atoms with Crippen molar-refractivity contribution in [3.63, 3.8) is 0 Å². The van der Waals surface area contributed by atoms with E-state index >= 15 is 0 Å². The topological polar surface area (TPSA) is 30.5 Å². The summed E-state index contributed by atoms with van der Waals surface area (Å²) in [7, 11) is 0. The molecule has 1 rings (SSSR count). The summed E-state index contributed by atoms with van der Waals surface area (Å²) in [4.78, 5) is 0. The number of hydrogen-bond acceptors (Lipinski definition) is 3. The molecule has 0 aromatic heterocycles. The zero-order chi connectivity index (χ0) is 12.5. The van der Waals surface area contributed by atoms with Crippen molar-refractivity contribution < 1.29 is 9.47 Å². The molecule has 0 aliphatic carbocycles. The lowest BCUT2D eigenvalue weighted by Gasteiger charge is -2.28. The summed E-state index contributed by atoms with van der Waals surface area (Å²) in [6.45, 7) is 9.30. The van der Waals surface area contributed by atoms with Crippen LogP contribution in [0, 0.1) is 0 Å². The van der Waals surface area contributed by atoms with Crippen LogP contribution in [0.25, 0.3) is 0 Å². The van der Waals surface area contributed by atoms with Gasteiger partial charge in [-0.15, -0.1) is 0 Å². The molecule has 3 nitrogen and oxygen atoms in total. The van der Waals surface area contributed by atoms with Crippen LogP contribution in [0.4, 0.5) is 0 Å². The monoisotopic (exact) mass is 243 g/mol. The van der Waals surface area contributed by atoms with Gasteiger partial charge in [-0.25, -0.2) is 0 Å². The molecular weight excluding hydrogens is 214 g/mol. The molecule has 1 fully saturated rings. The Labute approximate surface area is 106 Å². The van der Waals surface area contributed by atoms with Crippen molar-refractivity contribution in [2.24, 2.45) is 0 Å². The van der Waals surface area contributed by atoms with Crippen molar-refractivity contribution >= 4 is 0 Å². The minimum atomic E-state index is 0.332. The van der Waals surface area contributed by atoms with Gasteiger partial charge < -0.3 is 14.8 Å². The molecule has 0 aromatic rings. The van der Waals surface area contributed by atoms with Gasteiger partial charge in [-0.05, 0) is 32.2 Å². The maximum atomic E-state index is 6.05. The van der Waals surface area contributed by atoms with Gasteiger partial charge in [0.2, 0.25) is 0 Å². The van der Waals surface area contributed by atoms with Gasteiger partial charge in [0.25, 0.3) is 0 Å². The van der Waals surface area contributed by atoms with Crippen molar-refractivity contribution in [3.05, 3.63) is 0 Å². The van der Waals surface area contributed by atoms with E-state index in [2.05, 4.69) is 26.1 Å². The molecule has 1 aliphatic heterocycles. The van der Waals surface area contributed by atoms with Crippen LogP contribution >= 0.6 is 0 Å². The highest BCUT2D eigenvalue weighted by Crippen LogP contribution is 2.16. The Bertz CT molecular complexity index is 175. The molecule has 0 aromatic carbocycles. The van der Waals surface area contributed by atoms with Crippen molar-refractivity contribution in [1.29, 1.82) is 0 Å². The normalized spacial score (nSPS) is 23.8. The van der Waals surface area contributed by atoms with Crippen molar-refractivity contribution in [2.75, 3.05) is 19.8 Å². The lowest BCUT2D eigenvalue weighted by atomic mass is 10.0. The van der Waals surface area contributed by atoms with E-state index in [1.165, 1.54) is 19.3 Å². The first-order chi connectivity index (χ1) is 8.31. The van der Waals surface area contributed by atoms with Crippen molar-refractivity contribution in [1.82, 2.24) is 5.32 Å². The molecule has 0 radical (unpaired) electrons. The maximum Gasteiger partial charge on any atom is 0.0809 e. The Morgan fingerprint density at radius 2 is 2.18 bits per heavy atom. The van der Waals surface area contributed by atoms with E-state index in [-0.39, 0.29) is 0 Å². The zero-order valence-electron chi connectivity index (χ0n) is 11.7.